The van der Waals surface area contributed by atoms with E-state index in [2.05, 4.69) is 17.8 Å². The van der Waals surface area contributed by atoms with Crippen LogP contribution >= 0.6 is 0 Å². The van der Waals surface area contributed by atoms with Crippen LogP contribution in [0, 0.1) is 0 Å². The van der Waals surface area contributed by atoms with Gasteiger partial charge in [0.2, 0.25) is 12.6 Å². The molecule has 0 amide bonds. The van der Waals surface area contributed by atoms with E-state index in [0.717, 1.165) is 0 Å². The van der Waals surface area contributed by atoms with E-state index in [0.29, 0.717) is 0 Å². The topological polar surface area (TPSA) is 71.1 Å². The average Bonchev–Trinajstić information content (AvgIpc) is 2.25. The molecule has 0 N–H and O–H groups in total. The Morgan fingerprint density at radius 2 is 1.45 bits per heavy atom. The van der Waals surface area contributed by atoms with Crippen molar-refractivity contribution in [3.05, 3.63) is 0 Å². The van der Waals surface area contributed by atoms with Crippen molar-refractivity contribution in [3.63, 3.8) is 0 Å². The highest BCUT2D eigenvalue weighted by molar-refractivity contribution is 7.82. The third-order valence-corrected chi connectivity index (χ3v) is 1.96. The molecule has 7 heteroatoms. The molecule has 0 saturated carbocycles. The maximum atomic E-state index is 10.6. The molecule has 0 aliphatic carbocycles. The highest BCUT2D eigenvalue weighted by Crippen LogP contribution is 2.20. The molecule has 2 atom stereocenters. The quantitative estimate of drug-likeness (QED) is 0.560. The number of hydrogen-bond acceptors (Lipinski definition) is 6. The molecule has 1 aliphatic heterocycles. The van der Waals surface area contributed by atoms with E-state index in [1.165, 1.54) is 14.2 Å². The molecular weight excluding hydrogens is 176 g/mol. The van der Waals surface area contributed by atoms with Crippen molar-refractivity contribution < 1.29 is 26.3 Å². The van der Waals surface area contributed by atoms with E-state index in [1.54, 1.807) is 0 Å². The van der Waals surface area contributed by atoms with Gasteiger partial charge in [-0.15, -0.1) is 0 Å². The third-order valence-electron chi connectivity index (χ3n) is 1.11. The van der Waals surface area contributed by atoms with Gasteiger partial charge >= 0.3 is 10.4 Å². The van der Waals surface area contributed by atoms with Crippen LogP contribution < -0.4 is 0 Å². The fourth-order valence-electron chi connectivity index (χ4n) is 0.646. The Kier molecular flexibility index (Phi) is 2.45. The first-order chi connectivity index (χ1) is 5.09. The Morgan fingerprint density at radius 3 is 1.73 bits per heavy atom. The molecule has 1 aliphatic rings. The molecule has 0 aromatic heterocycles. The lowest BCUT2D eigenvalue weighted by Crippen LogP contribution is -2.25. The number of hydrogen-bond donors (Lipinski definition) is 0. The predicted octanol–water partition coefficient (Wildman–Crippen LogP) is -0.777. The van der Waals surface area contributed by atoms with Crippen molar-refractivity contribution in [2.75, 3.05) is 14.2 Å². The van der Waals surface area contributed by atoms with Crippen molar-refractivity contribution in [3.8, 4) is 0 Å². The molecular formula is C4H8O6S. The lowest BCUT2D eigenvalue weighted by atomic mass is 10.6. The second-order valence-corrected chi connectivity index (χ2v) is 3.01. The van der Waals surface area contributed by atoms with Gasteiger partial charge in [0.15, 0.2) is 0 Å². The van der Waals surface area contributed by atoms with Crippen LogP contribution in [0.5, 0.6) is 0 Å². The fraction of sp³-hybridized carbons (Fsp3) is 1.00. The monoisotopic (exact) mass is 184 g/mol. The molecule has 1 heterocycles. The lowest BCUT2D eigenvalue weighted by Gasteiger charge is -2.09. The van der Waals surface area contributed by atoms with Crippen LogP contribution in [0.4, 0.5) is 0 Å². The van der Waals surface area contributed by atoms with Crippen molar-refractivity contribution in [1.82, 2.24) is 0 Å². The summed E-state index contributed by atoms with van der Waals surface area (Å²) >= 11 is 0. The zero-order valence-electron chi connectivity index (χ0n) is 6.01. The molecule has 11 heavy (non-hydrogen) atoms. The van der Waals surface area contributed by atoms with Crippen LogP contribution in [0.25, 0.3) is 0 Å². The molecule has 0 spiro atoms. The smallest absolute Gasteiger partial charge is 0.350 e. The zero-order chi connectivity index (χ0) is 8.48. The van der Waals surface area contributed by atoms with Crippen LogP contribution in [-0.4, -0.2) is 35.2 Å². The van der Waals surface area contributed by atoms with Crippen molar-refractivity contribution in [2.24, 2.45) is 0 Å². The second-order valence-electron chi connectivity index (χ2n) is 1.81. The standard InChI is InChI=1S/C4H8O6S/c1-7-3-4(8-2)10-11(5,6)9-3/h3-4H,1-2H3. The lowest BCUT2D eigenvalue weighted by molar-refractivity contribution is -0.166. The Bertz CT molecular complexity index is 203. The Hall–Kier alpha value is -0.210. The summed E-state index contributed by atoms with van der Waals surface area (Å²) in [5.74, 6) is 0. The molecule has 66 valence electrons. The summed E-state index contributed by atoms with van der Waals surface area (Å²) in [6.45, 7) is 0. The Labute approximate surface area is 64.3 Å². The normalized spacial score (nSPS) is 35.8. The van der Waals surface area contributed by atoms with E-state index in [9.17, 15) is 8.42 Å². The molecule has 1 saturated heterocycles. The van der Waals surface area contributed by atoms with Gasteiger partial charge in [0.05, 0.1) is 0 Å². The maximum Gasteiger partial charge on any atom is 0.405 e. The zero-order valence-corrected chi connectivity index (χ0v) is 6.83. The average molecular weight is 184 g/mol. The largest absolute Gasteiger partial charge is 0.405 e. The Morgan fingerprint density at radius 1 is 1.09 bits per heavy atom. The van der Waals surface area contributed by atoms with Crippen LogP contribution in [0.2, 0.25) is 0 Å². The molecule has 6 nitrogen and oxygen atoms in total. The summed E-state index contributed by atoms with van der Waals surface area (Å²) in [5, 5.41) is 0. The first kappa shape index (κ1) is 8.88. The van der Waals surface area contributed by atoms with Gasteiger partial charge in [-0.05, 0) is 0 Å². The van der Waals surface area contributed by atoms with Crippen molar-refractivity contribution in [2.45, 2.75) is 12.6 Å². The van der Waals surface area contributed by atoms with Gasteiger partial charge in [0, 0.05) is 14.2 Å². The summed E-state index contributed by atoms with van der Waals surface area (Å²) in [7, 11) is -1.33. The molecule has 1 rings (SSSR count). The number of rotatable bonds is 2. The van der Waals surface area contributed by atoms with E-state index in [1.807, 2.05) is 0 Å². The van der Waals surface area contributed by atoms with Crippen LogP contribution in [0.3, 0.4) is 0 Å². The van der Waals surface area contributed by atoms with E-state index in [4.69, 9.17) is 0 Å². The van der Waals surface area contributed by atoms with Gasteiger partial charge in [-0.3, -0.25) is 0 Å². The first-order valence-electron chi connectivity index (χ1n) is 2.76. The summed E-state index contributed by atoms with van der Waals surface area (Å²) < 4.78 is 38.9. The summed E-state index contributed by atoms with van der Waals surface area (Å²) in [6, 6.07) is 0. The van der Waals surface area contributed by atoms with E-state index in [-0.39, 0.29) is 0 Å². The van der Waals surface area contributed by atoms with Crippen molar-refractivity contribution in [1.29, 1.82) is 0 Å². The SMILES string of the molecule is COC1OS(=O)(=O)OC1OC. The molecule has 0 aromatic rings. The summed E-state index contributed by atoms with van der Waals surface area (Å²) in [4.78, 5) is 0. The summed E-state index contributed by atoms with van der Waals surface area (Å²) in [5.41, 5.74) is 0. The first-order valence-corrected chi connectivity index (χ1v) is 4.09. The number of ether oxygens (including phenoxy) is 2. The molecule has 0 bridgehead atoms. The predicted molar refractivity (Wildman–Crippen MR) is 32.7 cm³/mol. The fourth-order valence-corrected chi connectivity index (χ4v) is 1.50. The van der Waals surface area contributed by atoms with E-state index < -0.39 is 23.0 Å². The summed E-state index contributed by atoms with van der Waals surface area (Å²) in [6.07, 6.45) is -2.02. The van der Waals surface area contributed by atoms with Gasteiger partial charge in [0.25, 0.3) is 0 Å². The minimum Gasteiger partial charge on any atom is -0.350 e. The minimum atomic E-state index is -3.92. The van der Waals surface area contributed by atoms with Crippen LogP contribution in [0.15, 0.2) is 0 Å². The number of methoxy groups -OCH3 is 2. The van der Waals surface area contributed by atoms with Gasteiger partial charge in [-0.25, -0.2) is 8.37 Å². The van der Waals surface area contributed by atoms with Crippen LogP contribution in [-0.2, 0) is 28.2 Å². The molecule has 2 unspecified atom stereocenters. The second kappa shape index (κ2) is 3.03. The van der Waals surface area contributed by atoms with Crippen molar-refractivity contribution >= 4 is 10.4 Å². The maximum absolute atomic E-state index is 10.6. The van der Waals surface area contributed by atoms with Gasteiger partial charge in [-0.1, -0.05) is 0 Å². The minimum absolute atomic E-state index is 1.01. The third kappa shape index (κ3) is 1.88. The highest BCUT2D eigenvalue weighted by atomic mass is 32.3. The van der Waals surface area contributed by atoms with Gasteiger partial charge < -0.3 is 9.47 Å². The van der Waals surface area contributed by atoms with Gasteiger partial charge in [0.1, 0.15) is 0 Å². The molecule has 1 fully saturated rings. The molecule has 0 aromatic carbocycles. The van der Waals surface area contributed by atoms with E-state index >= 15 is 0 Å². The van der Waals surface area contributed by atoms with Crippen LogP contribution in [0.1, 0.15) is 0 Å². The molecule has 0 radical (unpaired) electrons. The highest BCUT2D eigenvalue weighted by Gasteiger charge is 2.40. The Balaban J connectivity index is 2.70. The van der Waals surface area contributed by atoms with Gasteiger partial charge in [-0.2, -0.15) is 8.42 Å².